The number of amides is 1. The van der Waals surface area contributed by atoms with Crippen molar-refractivity contribution in [3.8, 4) is 5.75 Å². The summed E-state index contributed by atoms with van der Waals surface area (Å²) in [7, 11) is -3.36. The smallest absolute Gasteiger partial charge is 0.260 e. The summed E-state index contributed by atoms with van der Waals surface area (Å²) in [6.07, 6.45) is 2.80. The highest BCUT2D eigenvalue weighted by Gasteiger charge is 2.32. The molecule has 2 aliphatic heterocycles. The van der Waals surface area contributed by atoms with Gasteiger partial charge in [-0.15, -0.1) is 0 Å². The van der Waals surface area contributed by atoms with E-state index in [2.05, 4.69) is 4.90 Å². The molecule has 1 aromatic carbocycles. The van der Waals surface area contributed by atoms with E-state index in [1.165, 1.54) is 6.26 Å². The van der Waals surface area contributed by atoms with Crippen molar-refractivity contribution in [2.45, 2.75) is 18.9 Å². The van der Waals surface area contributed by atoms with Crippen LogP contribution in [0.1, 0.15) is 12.8 Å². The van der Waals surface area contributed by atoms with E-state index in [4.69, 9.17) is 9.47 Å². The first kappa shape index (κ1) is 22.0. The van der Waals surface area contributed by atoms with Crippen molar-refractivity contribution >= 4 is 15.9 Å². The van der Waals surface area contributed by atoms with E-state index in [0.29, 0.717) is 45.1 Å². The second-order valence-corrected chi connectivity index (χ2v) is 9.50. The molecule has 1 aromatic rings. The molecule has 162 valence electrons. The van der Waals surface area contributed by atoms with Gasteiger partial charge >= 0.3 is 0 Å². The van der Waals surface area contributed by atoms with Crippen LogP contribution in [-0.2, 0) is 19.6 Å². The van der Waals surface area contributed by atoms with Crippen molar-refractivity contribution in [1.29, 1.82) is 0 Å². The molecule has 0 radical (unpaired) electrons. The Balaban J connectivity index is 1.56. The summed E-state index contributed by atoms with van der Waals surface area (Å²) in [6.45, 7) is 5.14. The van der Waals surface area contributed by atoms with Gasteiger partial charge in [0.05, 0.1) is 19.5 Å². The Bertz CT molecular complexity index is 753. The zero-order chi connectivity index (χ0) is 20.7. The molecule has 0 aromatic heterocycles. The number of sulfonamides is 1. The Morgan fingerprint density at radius 1 is 1.21 bits per heavy atom. The topological polar surface area (TPSA) is 79.4 Å². The van der Waals surface area contributed by atoms with Crippen LogP contribution in [0.5, 0.6) is 5.75 Å². The third-order valence-corrected chi connectivity index (χ3v) is 6.76. The van der Waals surface area contributed by atoms with Crippen LogP contribution in [0.4, 0.5) is 0 Å². The normalized spacial score (nSPS) is 21.3. The Hall–Kier alpha value is -1.68. The van der Waals surface area contributed by atoms with E-state index in [0.717, 1.165) is 25.9 Å². The number of benzene rings is 1. The number of rotatable bonds is 8. The average Bonchev–Trinajstić information content (AvgIpc) is 2.73. The zero-order valence-corrected chi connectivity index (χ0v) is 17.8. The molecule has 2 saturated heterocycles. The number of nitrogens with zero attached hydrogens (tertiary/aromatic N) is 3. The SMILES string of the molecule is CS(=O)(=O)N(CCN1CCOCC1)C1CCCN(C(=O)COc2ccccc2)C1. The largest absolute Gasteiger partial charge is 0.484 e. The van der Waals surface area contributed by atoms with Gasteiger partial charge in [0.1, 0.15) is 5.75 Å². The second-order valence-electron chi connectivity index (χ2n) is 7.57. The standard InChI is InChI=1S/C20H31N3O5S/c1-29(25,26)23(11-10-21-12-14-27-15-13-21)18-6-5-9-22(16-18)20(24)17-28-19-7-3-2-4-8-19/h2-4,7-8,18H,5-6,9-17H2,1H3. The lowest BCUT2D eigenvalue weighted by molar-refractivity contribution is -0.135. The summed E-state index contributed by atoms with van der Waals surface area (Å²) >= 11 is 0. The summed E-state index contributed by atoms with van der Waals surface area (Å²) in [5.41, 5.74) is 0. The molecule has 9 heteroatoms. The van der Waals surface area contributed by atoms with Gasteiger partial charge in [0.15, 0.2) is 6.61 Å². The Kier molecular flexibility index (Phi) is 7.88. The number of likely N-dealkylation sites (tertiary alicyclic amines) is 1. The fourth-order valence-electron chi connectivity index (χ4n) is 3.85. The predicted molar refractivity (Wildman–Crippen MR) is 110 cm³/mol. The van der Waals surface area contributed by atoms with Gasteiger partial charge in [-0.05, 0) is 25.0 Å². The summed E-state index contributed by atoms with van der Waals surface area (Å²) in [5.74, 6) is 0.540. The lowest BCUT2D eigenvalue weighted by atomic mass is 10.1. The minimum absolute atomic E-state index is 0.0383. The van der Waals surface area contributed by atoms with Crippen LogP contribution in [0.2, 0.25) is 0 Å². The third-order valence-electron chi connectivity index (χ3n) is 5.43. The van der Waals surface area contributed by atoms with Gasteiger partial charge in [-0.1, -0.05) is 18.2 Å². The van der Waals surface area contributed by atoms with Gasteiger partial charge in [0, 0.05) is 45.3 Å². The molecule has 29 heavy (non-hydrogen) atoms. The van der Waals surface area contributed by atoms with Crippen molar-refractivity contribution in [3.63, 3.8) is 0 Å². The van der Waals surface area contributed by atoms with Crippen LogP contribution >= 0.6 is 0 Å². The highest BCUT2D eigenvalue weighted by molar-refractivity contribution is 7.88. The Morgan fingerprint density at radius 2 is 1.93 bits per heavy atom. The van der Waals surface area contributed by atoms with Gasteiger partial charge in [-0.2, -0.15) is 4.31 Å². The molecule has 0 saturated carbocycles. The van der Waals surface area contributed by atoms with Gasteiger partial charge in [-0.3, -0.25) is 9.69 Å². The quantitative estimate of drug-likeness (QED) is 0.609. The average molecular weight is 426 g/mol. The van der Waals surface area contributed by atoms with E-state index >= 15 is 0 Å². The van der Waals surface area contributed by atoms with Crippen molar-refractivity contribution < 1.29 is 22.7 Å². The second kappa shape index (κ2) is 10.4. The maximum Gasteiger partial charge on any atom is 0.260 e. The van der Waals surface area contributed by atoms with Crippen LogP contribution in [0.3, 0.4) is 0 Å². The van der Waals surface area contributed by atoms with E-state index in [1.54, 1.807) is 9.21 Å². The fourth-order valence-corrected chi connectivity index (χ4v) is 4.98. The molecular weight excluding hydrogens is 394 g/mol. The van der Waals surface area contributed by atoms with Gasteiger partial charge < -0.3 is 14.4 Å². The monoisotopic (exact) mass is 425 g/mol. The predicted octanol–water partition coefficient (Wildman–Crippen LogP) is 0.650. The van der Waals surface area contributed by atoms with E-state index in [-0.39, 0.29) is 18.6 Å². The first-order chi connectivity index (χ1) is 13.9. The molecule has 2 heterocycles. The van der Waals surface area contributed by atoms with Crippen LogP contribution in [0, 0.1) is 0 Å². The molecule has 2 fully saturated rings. The van der Waals surface area contributed by atoms with E-state index in [1.807, 2.05) is 30.3 Å². The maximum atomic E-state index is 12.6. The highest BCUT2D eigenvalue weighted by Crippen LogP contribution is 2.19. The van der Waals surface area contributed by atoms with Crippen LogP contribution in [0.15, 0.2) is 30.3 Å². The highest BCUT2D eigenvalue weighted by atomic mass is 32.2. The van der Waals surface area contributed by atoms with Gasteiger partial charge in [-0.25, -0.2) is 8.42 Å². The summed E-state index contributed by atoms with van der Waals surface area (Å²) in [4.78, 5) is 16.6. The number of morpholine rings is 1. The minimum atomic E-state index is -3.36. The summed E-state index contributed by atoms with van der Waals surface area (Å²) in [5, 5.41) is 0. The first-order valence-corrected chi connectivity index (χ1v) is 12.0. The van der Waals surface area contributed by atoms with Gasteiger partial charge in [0.2, 0.25) is 10.0 Å². The minimum Gasteiger partial charge on any atom is -0.484 e. The zero-order valence-electron chi connectivity index (χ0n) is 17.0. The van der Waals surface area contributed by atoms with Crippen molar-refractivity contribution in [1.82, 2.24) is 14.1 Å². The number of piperidine rings is 1. The summed E-state index contributed by atoms with van der Waals surface area (Å²) < 4.78 is 37.4. The number of hydrogen-bond acceptors (Lipinski definition) is 6. The molecule has 0 bridgehead atoms. The molecule has 8 nitrogen and oxygen atoms in total. The van der Waals surface area contributed by atoms with Crippen molar-refractivity contribution in [2.24, 2.45) is 0 Å². The van der Waals surface area contributed by atoms with Gasteiger partial charge in [0.25, 0.3) is 5.91 Å². The number of carbonyl (C=O) groups excluding carboxylic acids is 1. The lowest BCUT2D eigenvalue weighted by Crippen LogP contribution is -2.54. The van der Waals surface area contributed by atoms with Crippen molar-refractivity contribution in [3.05, 3.63) is 30.3 Å². The molecule has 3 rings (SSSR count). The number of carbonyl (C=O) groups is 1. The van der Waals surface area contributed by atoms with E-state index < -0.39 is 10.0 Å². The molecule has 0 aliphatic carbocycles. The molecule has 2 aliphatic rings. The lowest BCUT2D eigenvalue weighted by Gasteiger charge is -2.39. The molecule has 0 N–H and O–H groups in total. The van der Waals surface area contributed by atoms with Crippen LogP contribution in [-0.4, -0.2) is 99.8 Å². The molecule has 1 amide bonds. The third kappa shape index (κ3) is 6.67. The molecular formula is C20H31N3O5S. The van der Waals surface area contributed by atoms with Crippen molar-refractivity contribution in [2.75, 3.05) is 65.3 Å². The molecule has 0 spiro atoms. The first-order valence-electron chi connectivity index (χ1n) is 10.2. The maximum absolute atomic E-state index is 12.6. The van der Waals surface area contributed by atoms with E-state index in [9.17, 15) is 13.2 Å². The Labute approximate surface area is 173 Å². The van der Waals surface area contributed by atoms with Crippen LogP contribution in [0.25, 0.3) is 0 Å². The number of ether oxygens (including phenoxy) is 2. The summed E-state index contributed by atoms with van der Waals surface area (Å²) in [6, 6.07) is 9.03. The number of para-hydroxylation sites is 1. The molecule has 1 unspecified atom stereocenters. The fraction of sp³-hybridized carbons (Fsp3) is 0.650. The Morgan fingerprint density at radius 3 is 2.62 bits per heavy atom. The number of hydrogen-bond donors (Lipinski definition) is 0. The van der Waals surface area contributed by atoms with Crippen LogP contribution < -0.4 is 4.74 Å². The molecule has 1 atom stereocenters.